The minimum absolute atomic E-state index is 0.212. The Hall–Kier alpha value is -1.74. The number of nitrogens with zero attached hydrogens (tertiary/aromatic N) is 1. The minimum Gasteiger partial charge on any atom is -0.224 e. The summed E-state index contributed by atoms with van der Waals surface area (Å²) in [7, 11) is -6.92. The second-order valence-electron chi connectivity index (χ2n) is 6.54. The van der Waals surface area contributed by atoms with Crippen molar-refractivity contribution >= 4 is 20.0 Å². The summed E-state index contributed by atoms with van der Waals surface area (Å²) in [6, 6.07) is 13.6. The number of sulfone groups is 1. The van der Waals surface area contributed by atoms with Gasteiger partial charge in [0.1, 0.15) is 0 Å². The zero-order valence-electron chi connectivity index (χ0n) is 14.7. The lowest BCUT2D eigenvalue weighted by molar-refractivity contribution is 0.380. The van der Waals surface area contributed by atoms with E-state index in [1.165, 1.54) is 22.0 Å². The first kappa shape index (κ1) is 19.0. The van der Waals surface area contributed by atoms with E-state index >= 15 is 0 Å². The van der Waals surface area contributed by atoms with Gasteiger partial charge in [0, 0.05) is 25.4 Å². The van der Waals surface area contributed by atoms with Crippen molar-refractivity contribution in [3.8, 4) is 0 Å². The molecule has 6 nitrogen and oxygen atoms in total. The second kappa shape index (κ2) is 7.11. The zero-order valence-corrected chi connectivity index (χ0v) is 16.3. The smallest absolute Gasteiger partial charge is 0.224 e. The Morgan fingerprint density at radius 3 is 2.19 bits per heavy atom. The van der Waals surface area contributed by atoms with E-state index in [-0.39, 0.29) is 4.90 Å². The molecule has 0 amide bonds. The zero-order chi connectivity index (χ0) is 18.9. The predicted molar refractivity (Wildman–Crippen MR) is 101 cm³/mol. The van der Waals surface area contributed by atoms with Crippen LogP contribution in [0.15, 0.2) is 53.4 Å². The highest BCUT2D eigenvalue weighted by Crippen LogP contribution is 2.22. The fourth-order valence-corrected chi connectivity index (χ4v) is 5.05. The Labute approximate surface area is 155 Å². The van der Waals surface area contributed by atoms with E-state index < -0.39 is 26.1 Å². The molecule has 26 heavy (non-hydrogen) atoms. The SMILES string of the molecule is C[C@H](NS(=O)(=O)N1CCc2ccccc2C1)c1ccc(S(C)(=O)=O)cc1. The van der Waals surface area contributed by atoms with Gasteiger partial charge >= 0.3 is 0 Å². The monoisotopic (exact) mass is 394 g/mol. The van der Waals surface area contributed by atoms with Gasteiger partial charge in [-0.25, -0.2) is 8.42 Å². The van der Waals surface area contributed by atoms with E-state index in [2.05, 4.69) is 4.72 Å². The maximum atomic E-state index is 12.7. The van der Waals surface area contributed by atoms with Gasteiger partial charge in [-0.1, -0.05) is 36.4 Å². The van der Waals surface area contributed by atoms with Crippen LogP contribution in [0.5, 0.6) is 0 Å². The van der Waals surface area contributed by atoms with Gasteiger partial charge in [0.15, 0.2) is 9.84 Å². The van der Waals surface area contributed by atoms with Crippen molar-refractivity contribution in [3.63, 3.8) is 0 Å². The lowest BCUT2D eigenvalue weighted by Crippen LogP contribution is -2.44. The van der Waals surface area contributed by atoms with Crippen molar-refractivity contribution in [1.82, 2.24) is 9.03 Å². The molecule has 1 heterocycles. The molecule has 0 spiro atoms. The topological polar surface area (TPSA) is 83.6 Å². The largest absolute Gasteiger partial charge is 0.280 e. The van der Waals surface area contributed by atoms with Gasteiger partial charge in [0.25, 0.3) is 10.2 Å². The summed E-state index contributed by atoms with van der Waals surface area (Å²) >= 11 is 0. The Kier molecular flexibility index (Phi) is 5.21. The van der Waals surface area contributed by atoms with Crippen molar-refractivity contribution in [3.05, 3.63) is 65.2 Å². The van der Waals surface area contributed by atoms with Crippen LogP contribution < -0.4 is 4.72 Å². The van der Waals surface area contributed by atoms with Gasteiger partial charge in [-0.3, -0.25) is 0 Å². The summed E-state index contributed by atoms with van der Waals surface area (Å²) in [6.45, 7) is 2.53. The quantitative estimate of drug-likeness (QED) is 0.841. The molecule has 3 rings (SSSR count). The molecule has 1 N–H and O–H groups in total. The third-order valence-electron chi connectivity index (χ3n) is 4.57. The summed E-state index contributed by atoms with van der Waals surface area (Å²) in [6.07, 6.45) is 1.83. The summed E-state index contributed by atoms with van der Waals surface area (Å²) in [5.41, 5.74) is 2.91. The first-order chi connectivity index (χ1) is 12.2. The molecule has 8 heteroatoms. The minimum atomic E-state index is -3.65. The van der Waals surface area contributed by atoms with Gasteiger partial charge in [-0.2, -0.15) is 17.4 Å². The van der Waals surface area contributed by atoms with E-state index in [9.17, 15) is 16.8 Å². The van der Waals surface area contributed by atoms with E-state index in [0.29, 0.717) is 25.1 Å². The molecule has 1 aliphatic rings. The number of rotatable bonds is 5. The second-order valence-corrected chi connectivity index (χ2v) is 10.3. The fraction of sp³-hybridized carbons (Fsp3) is 0.333. The van der Waals surface area contributed by atoms with Crippen LogP contribution in [-0.4, -0.2) is 33.9 Å². The average Bonchev–Trinajstić information content (AvgIpc) is 2.60. The molecule has 0 radical (unpaired) electrons. The highest BCUT2D eigenvalue weighted by molar-refractivity contribution is 7.90. The molecule has 2 aromatic rings. The Morgan fingerprint density at radius 1 is 0.962 bits per heavy atom. The van der Waals surface area contributed by atoms with Gasteiger partial charge in [-0.05, 0) is 42.2 Å². The van der Waals surface area contributed by atoms with Crippen molar-refractivity contribution in [2.45, 2.75) is 30.8 Å². The molecule has 0 aliphatic carbocycles. The van der Waals surface area contributed by atoms with Gasteiger partial charge < -0.3 is 0 Å². The summed E-state index contributed by atoms with van der Waals surface area (Å²) < 4.78 is 52.6. The van der Waals surface area contributed by atoms with Crippen LogP contribution >= 0.6 is 0 Å². The fourth-order valence-electron chi connectivity index (χ4n) is 3.04. The Balaban J connectivity index is 1.73. The van der Waals surface area contributed by atoms with Crippen LogP contribution in [0.25, 0.3) is 0 Å². The van der Waals surface area contributed by atoms with Gasteiger partial charge in [0.2, 0.25) is 0 Å². The normalized spacial score (nSPS) is 16.8. The van der Waals surface area contributed by atoms with Gasteiger partial charge in [-0.15, -0.1) is 0 Å². The number of nitrogens with one attached hydrogen (secondary N) is 1. The van der Waals surface area contributed by atoms with Crippen LogP contribution in [0.4, 0.5) is 0 Å². The number of hydrogen-bond donors (Lipinski definition) is 1. The molecule has 0 bridgehead atoms. The van der Waals surface area contributed by atoms with E-state index in [1.54, 1.807) is 19.1 Å². The van der Waals surface area contributed by atoms with Gasteiger partial charge in [0.05, 0.1) is 4.90 Å². The molecular formula is C18H22N2O4S2. The van der Waals surface area contributed by atoms with E-state index in [1.807, 2.05) is 24.3 Å². The first-order valence-electron chi connectivity index (χ1n) is 8.31. The van der Waals surface area contributed by atoms with E-state index in [4.69, 9.17) is 0 Å². The maximum absolute atomic E-state index is 12.7. The molecule has 0 saturated carbocycles. The molecule has 1 atom stereocenters. The Morgan fingerprint density at radius 2 is 1.58 bits per heavy atom. The van der Waals surface area contributed by atoms with Crippen molar-refractivity contribution < 1.29 is 16.8 Å². The highest BCUT2D eigenvalue weighted by atomic mass is 32.2. The van der Waals surface area contributed by atoms with E-state index in [0.717, 1.165) is 11.8 Å². The molecule has 1 aliphatic heterocycles. The van der Waals surface area contributed by atoms with Crippen LogP contribution in [0.3, 0.4) is 0 Å². The summed E-state index contributed by atoms with van der Waals surface area (Å²) in [4.78, 5) is 0.212. The van der Waals surface area contributed by atoms with Crippen LogP contribution in [0, 0.1) is 0 Å². The Bertz CT molecular complexity index is 1000. The van der Waals surface area contributed by atoms with Crippen LogP contribution in [-0.2, 0) is 33.0 Å². The number of fused-ring (bicyclic) bond motifs is 1. The number of hydrogen-bond acceptors (Lipinski definition) is 4. The molecular weight excluding hydrogens is 372 g/mol. The van der Waals surface area contributed by atoms with Crippen LogP contribution in [0.2, 0.25) is 0 Å². The third kappa shape index (κ3) is 4.15. The lowest BCUT2D eigenvalue weighted by atomic mass is 10.0. The highest BCUT2D eigenvalue weighted by Gasteiger charge is 2.28. The lowest BCUT2D eigenvalue weighted by Gasteiger charge is -2.29. The summed E-state index contributed by atoms with van der Waals surface area (Å²) in [5, 5.41) is 0. The molecule has 0 fully saturated rings. The summed E-state index contributed by atoms with van der Waals surface area (Å²) in [5.74, 6) is 0. The van der Waals surface area contributed by atoms with Crippen molar-refractivity contribution in [2.24, 2.45) is 0 Å². The third-order valence-corrected chi connectivity index (χ3v) is 7.34. The average molecular weight is 395 g/mol. The number of benzene rings is 2. The predicted octanol–water partition coefficient (Wildman–Crippen LogP) is 2.04. The van der Waals surface area contributed by atoms with Crippen LogP contribution in [0.1, 0.15) is 29.7 Å². The van der Waals surface area contributed by atoms with Crippen molar-refractivity contribution in [1.29, 1.82) is 0 Å². The first-order valence-corrected chi connectivity index (χ1v) is 11.6. The standard InChI is InChI=1S/C18H22N2O4S2/c1-14(15-7-9-18(10-8-15)25(2,21)22)19-26(23,24)20-12-11-16-5-3-4-6-17(16)13-20/h3-10,14,19H,11-13H2,1-2H3/t14-/m0/s1. The molecule has 2 aromatic carbocycles. The molecule has 0 saturated heterocycles. The molecule has 0 unspecified atom stereocenters. The molecule has 0 aromatic heterocycles. The maximum Gasteiger partial charge on any atom is 0.280 e. The molecule has 140 valence electrons. The van der Waals surface area contributed by atoms with Crippen molar-refractivity contribution in [2.75, 3.05) is 12.8 Å².